The lowest BCUT2D eigenvalue weighted by molar-refractivity contribution is -0.113. The Morgan fingerprint density at radius 3 is 2.14 bits per heavy atom. The molecule has 0 bridgehead atoms. The van der Waals surface area contributed by atoms with Crippen molar-refractivity contribution >= 4 is 22.9 Å². The Labute approximate surface area is 212 Å². The zero-order valence-corrected chi connectivity index (χ0v) is 21.1. The third-order valence-electron chi connectivity index (χ3n) is 9.61. The third kappa shape index (κ3) is 2.65. The summed E-state index contributed by atoms with van der Waals surface area (Å²) in [6, 6.07) is 16.9. The van der Waals surface area contributed by atoms with Gasteiger partial charge in [0.25, 0.3) is 0 Å². The molecule has 5 aliphatic rings. The predicted molar refractivity (Wildman–Crippen MR) is 144 cm³/mol. The molecule has 2 N–H and O–H groups in total. The number of aliphatic hydroxyl groups excluding tert-OH is 1. The summed E-state index contributed by atoms with van der Waals surface area (Å²) in [4.78, 5) is 18.8. The molecule has 0 aromatic heterocycles. The molecule has 0 unspecified atom stereocenters. The number of aliphatic hydroxyl groups is 1. The molecule has 2 fully saturated rings. The van der Waals surface area contributed by atoms with Crippen LogP contribution in [0.3, 0.4) is 0 Å². The van der Waals surface area contributed by atoms with Crippen molar-refractivity contribution in [3.8, 4) is 0 Å². The number of hydrogen-bond acceptors (Lipinski definition) is 4. The molecule has 182 valence electrons. The summed E-state index contributed by atoms with van der Waals surface area (Å²) in [6.45, 7) is 3.99. The van der Waals surface area contributed by atoms with E-state index in [1.54, 1.807) is 0 Å². The lowest BCUT2D eigenvalue weighted by atomic mass is 9.70. The standard InChI is InChI=1S/C32H32N2O2/c1-19(29-31(15-7-8-16-31)21-11-3-5-13-23(21)33-29)25-27(35)26(28(25)36)20(2)30-32(17-9-10-18-32)22-12-4-6-14-24(22)34-30/h3-6,11-14,33,35H,7-10,15-18H2,1-2H3/b26-20-,29-19+. The highest BCUT2D eigenvalue weighted by Crippen LogP contribution is 2.56. The highest BCUT2D eigenvalue weighted by Gasteiger charge is 2.50. The number of para-hydroxylation sites is 2. The molecule has 0 radical (unpaired) electrons. The highest BCUT2D eigenvalue weighted by molar-refractivity contribution is 6.27. The second-order valence-electron chi connectivity index (χ2n) is 11.3. The monoisotopic (exact) mass is 476 g/mol. The summed E-state index contributed by atoms with van der Waals surface area (Å²) in [5, 5.41) is 15.0. The van der Waals surface area contributed by atoms with Crippen LogP contribution in [0.15, 0.2) is 87.3 Å². The van der Waals surface area contributed by atoms with Gasteiger partial charge in [-0.25, -0.2) is 0 Å². The molecule has 4 heteroatoms. The van der Waals surface area contributed by atoms with E-state index in [2.05, 4.69) is 47.8 Å². The van der Waals surface area contributed by atoms with Gasteiger partial charge in [0.1, 0.15) is 5.76 Å². The Hall–Kier alpha value is -3.40. The van der Waals surface area contributed by atoms with E-state index < -0.39 is 0 Å². The minimum absolute atomic E-state index is 0.0484. The van der Waals surface area contributed by atoms with Crippen molar-refractivity contribution in [3.05, 3.63) is 93.4 Å². The second-order valence-corrected chi connectivity index (χ2v) is 11.3. The number of hydrogen-bond donors (Lipinski definition) is 2. The van der Waals surface area contributed by atoms with Gasteiger partial charge in [-0.2, -0.15) is 0 Å². The van der Waals surface area contributed by atoms with E-state index in [1.807, 2.05) is 19.9 Å². The first-order valence-corrected chi connectivity index (χ1v) is 13.4. The smallest absolute Gasteiger partial charge is 0.201 e. The van der Waals surface area contributed by atoms with Crippen LogP contribution < -0.4 is 5.32 Å². The first-order valence-electron chi connectivity index (χ1n) is 13.4. The number of carbonyl (C=O) groups is 1. The van der Waals surface area contributed by atoms with E-state index in [0.29, 0.717) is 11.1 Å². The lowest BCUT2D eigenvalue weighted by Gasteiger charge is -2.32. The molecule has 3 aliphatic carbocycles. The first-order chi connectivity index (χ1) is 17.5. The van der Waals surface area contributed by atoms with Crippen LogP contribution >= 0.6 is 0 Å². The van der Waals surface area contributed by atoms with Gasteiger partial charge < -0.3 is 10.4 Å². The number of anilines is 1. The molecule has 2 saturated carbocycles. The van der Waals surface area contributed by atoms with Crippen molar-refractivity contribution in [2.24, 2.45) is 4.99 Å². The Morgan fingerprint density at radius 1 is 0.833 bits per heavy atom. The number of fused-ring (bicyclic) bond motifs is 4. The molecule has 0 saturated heterocycles. The maximum absolute atomic E-state index is 13.7. The van der Waals surface area contributed by atoms with Gasteiger partial charge >= 0.3 is 0 Å². The molecule has 2 spiro atoms. The molecule has 2 aliphatic heterocycles. The highest BCUT2D eigenvalue weighted by atomic mass is 16.3. The summed E-state index contributed by atoms with van der Waals surface area (Å²) in [7, 11) is 0. The SMILES string of the molecule is C/C(C1=Nc2ccccc2C12CCCC2)=C1/C(=O)C(C(/C)=C2/Nc3ccccc3C23CCCC3)=C1O. The Balaban J connectivity index is 1.33. The molecule has 7 rings (SSSR count). The van der Waals surface area contributed by atoms with Crippen molar-refractivity contribution in [2.75, 3.05) is 5.32 Å². The summed E-state index contributed by atoms with van der Waals surface area (Å²) in [5.74, 6) is 0.0907. The van der Waals surface area contributed by atoms with E-state index in [9.17, 15) is 9.90 Å². The van der Waals surface area contributed by atoms with E-state index in [1.165, 1.54) is 24.0 Å². The van der Waals surface area contributed by atoms with Gasteiger partial charge in [-0.15, -0.1) is 0 Å². The van der Waals surface area contributed by atoms with Crippen LogP contribution in [-0.4, -0.2) is 16.6 Å². The third-order valence-corrected chi connectivity index (χ3v) is 9.61. The van der Waals surface area contributed by atoms with Gasteiger partial charge in [-0.05, 0) is 73.9 Å². The Kier molecular flexibility index (Phi) is 4.58. The van der Waals surface area contributed by atoms with Crippen LogP contribution in [0.25, 0.3) is 0 Å². The van der Waals surface area contributed by atoms with Gasteiger partial charge in [0.05, 0.1) is 22.5 Å². The zero-order chi connectivity index (χ0) is 24.7. The van der Waals surface area contributed by atoms with Crippen LogP contribution in [0.5, 0.6) is 0 Å². The first kappa shape index (κ1) is 21.8. The maximum atomic E-state index is 13.7. The number of nitrogens with one attached hydrogen (secondary N) is 1. The quantitative estimate of drug-likeness (QED) is 0.441. The molecule has 36 heavy (non-hydrogen) atoms. The second kappa shape index (κ2) is 7.55. The van der Waals surface area contributed by atoms with Crippen LogP contribution in [0, 0.1) is 0 Å². The normalized spacial score (nSPS) is 25.6. The molecule has 2 heterocycles. The fourth-order valence-electron chi connectivity index (χ4n) is 7.95. The van der Waals surface area contributed by atoms with E-state index in [-0.39, 0.29) is 22.4 Å². The fourth-order valence-corrected chi connectivity index (χ4v) is 7.95. The Bertz CT molecular complexity index is 1460. The van der Waals surface area contributed by atoms with E-state index >= 15 is 0 Å². The predicted octanol–water partition coefficient (Wildman–Crippen LogP) is 7.51. The van der Waals surface area contributed by atoms with Crippen molar-refractivity contribution < 1.29 is 9.90 Å². The topological polar surface area (TPSA) is 61.7 Å². The largest absolute Gasteiger partial charge is 0.506 e. The van der Waals surface area contributed by atoms with Gasteiger partial charge in [0.2, 0.25) is 5.78 Å². The Morgan fingerprint density at radius 2 is 1.44 bits per heavy atom. The van der Waals surface area contributed by atoms with Gasteiger partial charge in [0.15, 0.2) is 0 Å². The van der Waals surface area contributed by atoms with Crippen molar-refractivity contribution in [1.82, 2.24) is 0 Å². The number of aliphatic imine (C=N–C) groups is 1. The molecule has 4 nitrogen and oxygen atoms in total. The number of rotatable bonds is 2. The molecule has 0 atom stereocenters. The molecule has 2 aromatic rings. The summed E-state index contributed by atoms with van der Waals surface area (Å²) in [5.41, 5.74) is 9.31. The number of Topliss-reactive ketones (excluding diaryl/α,β-unsaturated/α-hetero) is 1. The number of allylic oxidation sites excluding steroid dienone is 5. The summed E-state index contributed by atoms with van der Waals surface area (Å²) < 4.78 is 0. The van der Waals surface area contributed by atoms with Crippen LogP contribution in [-0.2, 0) is 15.6 Å². The van der Waals surface area contributed by atoms with E-state index in [0.717, 1.165) is 72.5 Å². The molecule has 2 aromatic carbocycles. The van der Waals surface area contributed by atoms with Crippen LogP contribution in [0.4, 0.5) is 11.4 Å². The van der Waals surface area contributed by atoms with Crippen LogP contribution in [0.2, 0.25) is 0 Å². The van der Waals surface area contributed by atoms with Crippen molar-refractivity contribution in [3.63, 3.8) is 0 Å². The average molecular weight is 477 g/mol. The van der Waals surface area contributed by atoms with Crippen molar-refractivity contribution in [1.29, 1.82) is 0 Å². The molecule has 0 amide bonds. The summed E-state index contributed by atoms with van der Waals surface area (Å²) in [6.07, 6.45) is 8.93. The van der Waals surface area contributed by atoms with Crippen molar-refractivity contribution in [2.45, 2.75) is 76.0 Å². The number of benzene rings is 2. The fraction of sp³-hybridized carbons (Fsp3) is 0.375. The summed E-state index contributed by atoms with van der Waals surface area (Å²) >= 11 is 0. The van der Waals surface area contributed by atoms with Gasteiger partial charge in [-0.1, -0.05) is 62.1 Å². The van der Waals surface area contributed by atoms with Crippen LogP contribution in [0.1, 0.15) is 76.3 Å². The van der Waals surface area contributed by atoms with E-state index in [4.69, 9.17) is 4.99 Å². The minimum atomic E-state index is -0.125. The van der Waals surface area contributed by atoms with Gasteiger partial charge in [0, 0.05) is 22.2 Å². The van der Waals surface area contributed by atoms with Gasteiger partial charge in [-0.3, -0.25) is 9.79 Å². The molecular weight excluding hydrogens is 444 g/mol. The number of ketones is 1. The number of nitrogens with zero attached hydrogens (tertiary/aromatic N) is 1. The number of carbonyl (C=O) groups excluding carboxylic acids is 1. The maximum Gasteiger partial charge on any atom is 0.201 e. The molecular formula is C32H32N2O2. The minimum Gasteiger partial charge on any atom is -0.506 e. The lowest BCUT2D eigenvalue weighted by Crippen LogP contribution is -2.35. The zero-order valence-electron chi connectivity index (χ0n) is 21.1. The average Bonchev–Trinajstić information content (AvgIpc) is 3.68.